The van der Waals surface area contributed by atoms with Crippen LogP contribution in [0.4, 0.5) is 0 Å². The first-order valence-electron chi connectivity index (χ1n) is 8.81. The van der Waals surface area contributed by atoms with Gasteiger partial charge < -0.3 is 14.6 Å². The highest BCUT2D eigenvalue weighted by atomic mass is 16.5. The Hall–Kier alpha value is -1.40. The first kappa shape index (κ1) is 16.5. The lowest BCUT2D eigenvalue weighted by Gasteiger charge is -2.40. The lowest BCUT2D eigenvalue weighted by atomic mass is 9.94. The van der Waals surface area contributed by atoms with Gasteiger partial charge in [-0.3, -0.25) is 9.69 Å². The van der Waals surface area contributed by atoms with E-state index >= 15 is 0 Å². The van der Waals surface area contributed by atoms with Crippen molar-refractivity contribution in [2.45, 2.75) is 57.2 Å². The van der Waals surface area contributed by atoms with Crippen LogP contribution in [-0.4, -0.2) is 64.6 Å². The van der Waals surface area contributed by atoms with Gasteiger partial charge in [0, 0.05) is 45.1 Å². The number of H-pyrrole nitrogens is 1. The standard InChI is InChI=1S/C17H28N4O2/c1-23-15-5-4-12-21(13-16-18-8-9-19-16)14(15)6-7-17(22)20-10-2-3-11-20/h8-9,14-15H,2-7,10-13H2,1H3,(H,18,19)/t14-,15-/m0/s1. The third kappa shape index (κ3) is 4.12. The highest BCUT2D eigenvalue weighted by Crippen LogP contribution is 2.25. The fraction of sp³-hybridized carbons (Fsp3) is 0.765. The zero-order chi connectivity index (χ0) is 16.1. The number of nitrogens with one attached hydrogen (secondary N) is 1. The average molecular weight is 320 g/mol. The van der Waals surface area contributed by atoms with E-state index < -0.39 is 0 Å². The van der Waals surface area contributed by atoms with Crippen molar-refractivity contribution in [1.29, 1.82) is 0 Å². The molecule has 2 atom stereocenters. The summed E-state index contributed by atoms with van der Waals surface area (Å²) < 4.78 is 5.71. The molecule has 6 heteroatoms. The summed E-state index contributed by atoms with van der Waals surface area (Å²) in [6.45, 7) is 3.72. The smallest absolute Gasteiger partial charge is 0.222 e. The number of methoxy groups -OCH3 is 1. The van der Waals surface area contributed by atoms with Gasteiger partial charge in [0.1, 0.15) is 5.82 Å². The summed E-state index contributed by atoms with van der Waals surface area (Å²) >= 11 is 0. The van der Waals surface area contributed by atoms with E-state index in [0.717, 1.165) is 64.1 Å². The van der Waals surface area contributed by atoms with Crippen LogP contribution >= 0.6 is 0 Å². The zero-order valence-electron chi connectivity index (χ0n) is 14.0. The molecule has 3 heterocycles. The number of carbonyl (C=O) groups is 1. The number of aromatic amines is 1. The van der Waals surface area contributed by atoms with Gasteiger partial charge in [0.05, 0.1) is 12.6 Å². The SMILES string of the molecule is CO[C@H]1CCCN(Cc2ncc[nH]2)[C@H]1CCC(=O)N1CCCC1. The van der Waals surface area contributed by atoms with Gasteiger partial charge in [0.2, 0.25) is 5.91 Å². The minimum absolute atomic E-state index is 0.213. The molecular weight excluding hydrogens is 292 g/mol. The molecule has 0 radical (unpaired) electrons. The van der Waals surface area contributed by atoms with E-state index in [-0.39, 0.29) is 6.10 Å². The largest absolute Gasteiger partial charge is 0.380 e. The maximum absolute atomic E-state index is 12.4. The fourth-order valence-electron chi connectivity index (χ4n) is 3.90. The maximum atomic E-state index is 12.4. The molecule has 0 spiro atoms. The summed E-state index contributed by atoms with van der Waals surface area (Å²) in [4.78, 5) is 24.3. The van der Waals surface area contributed by atoms with Gasteiger partial charge in [-0.2, -0.15) is 0 Å². The van der Waals surface area contributed by atoms with E-state index in [9.17, 15) is 4.79 Å². The Bertz CT molecular complexity index is 485. The molecule has 1 amide bonds. The van der Waals surface area contributed by atoms with Gasteiger partial charge in [-0.15, -0.1) is 0 Å². The fourth-order valence-corrected chi connectivity index (χ4v) is 3.90. The van der Waals surface area contributed by atoms with E-state index in [1.165, 1.54) is 0 Å². The third-order valence-electron chi connectivity index (χ3n) is 5.16. The van der Waals surface area contributed by atoms with Crippen LogP contribution in [0.2, 0.25) is 0 Å². The van der Waals surface area contributed by atoms with Gasteiger partial charge in [0.25, 0.3) is 0 Å². The van der Waals surface area contributed by atoms with Crippen molar-refractivity contribution < 1.29 is 9.53 Å². The molecule has 2 aliphatic rings. The predicted molar refractivity (Wildman–Crippen MR) is 87.9 cm³/mol. The molecule has 3 rings (SSSR count). The minimum atomic E-state index is 0.213. The molecule has 0 aromatic carbocycles. The number of amides is 1. The van der Waals surface area contributed by atoms with E-state index in [4.69, 9.17) is 4.74 Å². The van der Waals surface area contributed by atoms with Crippen molar-refractivity contribution in [3.05, 3.63) is 18.2 Å². The number of imidazole rings is 1. The number of nitrogens with zero attached hydrogens (tertiary/aromatic N) is 3. The minimum Gasteiger partial charge on any atom is -0.380 e. The second-order valence-electron chi connectivity index (χ2n) is 6.62. The number of piperidine rings is 1. The van der Waals surface area contributed by atoms with Crippen molar-refractivity contribution in [1.82, 2.24) is 19.8 Å². The monoisotopic (exact) mass is 320 g/mol. The van der Waals surface area contributed by atoms with Crippen molar-refractivity contribution in [3.63, 3.8) is 0 Å². The van der Waals surface area contributed by atoms with E-state index in [2.05, 4.69) is 14.9 Å². The maximum Gasteiger partial charge on any atom is 0.222 e. The van der Waals surface area contributed by atoms with Crippen molar-refractivity contribution in [2.24, 2.45) is 0 Å². The molecule has 128 valence electrons. The molecule has 1 aromatic rings. The lowest BCUT2D eigenvalue weighted by Crippen LogP contribution is -2.49. The van der Waals surface area contributed by atoms with Crippen molar-refractivity contribution in [3.8, 4) is 0 Å². The van der Waals surface area contributed by atoms with Crippen LogP contribution in [-0.2, 0) is 16.1 Å². The Morgan fingerprint density at radius 1 is 1.35 bits per heavy atom. The average Bonchev–Trinajstić information content (AvgIpc) is 3.26. The highest BCUT2D eigenvalue weighted by Gasteiger charge is 2.32. The molecule has 2 fully saturated rings. The summed E-state index contributed by atoms with van der Waals surface area (Å²) in [7, 11) is 1.79. The quantitative estimate of drug-likeness (QED) is 0.868. The molecular formula is C17H28N4O2. The van der Waals surface area contributed by atoms with Crippen LogP contribution in [0.5, 0.6) is 0 Å². The normalized spacial score (nSPS) is 25.9. The van der Waals surface area contributed by atoms with Gasteiger partial charge >= 0.3 is 0 Å². The molecule has 1 N–H and O–H groups in total. The summed E-state index contributed by atoms with van der Waals surface area (Å²) in [5, 5.41) is 0. The Morgan fingerprint density at radius 3 is 2.87 bits per heavy atom. The Balaban J connectivity index is 1.59. The van der Waals surface area contributed by atoms with Gasteiger partial charge in [-0.1, -0.05) is 0 Å². The Labute approximate surface area is 138 Å². The lowest BCUT2D eigenvalue weighted by molar-refractivity contribution is -0.131. The number of ether oxygens (including phenoxy) is 1. The molecule has 0 saturated carbocycles. The summed E-state index contributed by atoms with van der Waals surface area (Å²) in [6.07, 6.45) is 9.88. The summed E-state index contributed by atoms with van der Waals surface area (Å²) in [5.74, 6) is 1.29. The molecule has 0 bridgehead atoms. The third-order valence-corrected chi connectivity index (χ3v) is 5.16. The van der Waals surface area contributed by atoms with E-state index in [1.54, 1.807) is 13.3 Å². The summed E-state index contributed by atoms with van der Waals surface area (Å²) in [6, 6.07) is 0.297. The zero-order valence-corrected chi connectivity index (χ0v) is 14.0. The first-order chi connectivity index (χ1) is 11.3. The van der Waals surface area contributed by atoms with Crippen LogP contribution < -0.4 is 0 Å². The number of rotatable bonds is 6. The van der Waals surface area contributed by atoms with Crippen LogP contribution in [0.3, 0.4) is 0 Å². The van der Waals surface area contributed by atoms with Crippen LogP contribution in [0.1, 0.15) is 44.3 Å². The molecule has 2 saturated heterocycles. The van der Waals surface area contributed by atoms with Crippen LogP contribution in [0.15, 0.2) is 12.4 Å². The first-order valence-corrected chi connectivity index (χ1v) is 8.81. The molecule has 6 nitrogen and oxygen atoms in total. The van der Waals surface area contributed by atoms with Crippen LogP contribution in [0.25, 0.3) is 0 Å². The number of carbonyl (C=O) groups excluding carboxylic acids is 1. The molecule has 0 aliphatic carbocycles. The molecule has 1 aromatic heterocycles. The number of aromatic nitrogens is 2. The van der Waals surface area contributed by atoms with Crippen LogP contribution in [0, 0.1) is 0 Å². The second kappa shape index (κ2) is 7.93. The summed E-state index contributed by atoms with van der Waals surface area (Å²) in [5.41, 5.74) is 0. The van der Waals surface area contributed by atoms with Gasteiger partial charge in [-0.25, -0.2) is 4.98 Å². The molecule has 23 heavy (non-hydrogen) atoms. The Morgan fingerprint density at radius 2 is 2.17 bits per heavy atom. The van der Waals surface area contributed by atoms with Gasteiger partial charge in [0.15, 0.2) is 0 Å². The number of likely N-dealkylation sites (tertiary alicyclic amines) is 2. The number of hydrogen-bond acceptors (Lipinski definition) is 4. The number of hydrogen-bond donors (Lipinski definition) is 1. The second-order valence-corrected chi connectivity index (χ2v) is 6.62. The predicted octanol–water partition coefficient (Wildman–Crippen LogP) is 1.79. The van der Waals surface area contributed by atoms with Crippen molar-refractivity contribution in [2.75, 3.05) is 26.7 Å². The van der Waals surface area contributed by atoms with Crippen molar-refractivity contribution >= 4 is 5.91 Å². The Kier molecular flexibility index (Phi) is 5.67. The molecule has 0 unspecified atom stereocenters. The van der Waals surface area contributed by atoms with E-state index in [1.807, 2.05) is 11.1 Å². The topological polar surface area (TPSA) is 61.5 Å². The highest BCUT2D eigenvalue weighted by molar-refractivity contribution is 5.76. The molecule has 2 aliphatic heterocycles. The van der Waals surface area contributed by atoms with E-state index in [0.29, 0.717) is 18.4 Å². The van der Waals surface area contributed by atoms with Gasteiger partial charge in [-0.05, 0) is 38.6 Å².